The first kappa shape index (κ1) is 14.0. The Hall–Kier alpha value is -1.40. The van der Waals surface area contributed by atoms with Crippen LogP contribution in [0.1, 0.15) is 39.0 Å². The summed E-state index contributed by atoms with van der Waals surface area (Å²) < 4.78 is 0. The highest BCUT2D eigenvalue weighted by Gasteiger charge is 2.31. The number of thiophene rings is 1. The van der Waals surface area contributed by atoms with Gasteiger partial charge in [0.15, 0.2) is 0 Å². The maximum atomic E-state index is 12.0. The van der Waals surface area contributed by atoms with Gasteiger partial charge in [0.1, 0.15) is 0 Å². The first-order valence-electron chi connectivity index (χ1n) is 6.32. The van der Waals surface area contributed by atoms with Crippen molar-refractivity contribution in [1.82, 2.24) is 10.2 Å². The van der Waals surface area contributed by atoms with E-state index >= 15 is 0 Å². The Morgan fingerprint density at radius 1 is 1.58 bits per heavy atom. The van der Waals surface area contributed by atoms with Gasteiger partial charge in [0, 0.05) is 16.3 Å². The maximum absolute atomic E-state index is 12.0. The Kier molecular flexibility index (Phi) is 4.21. The van der Waals surface area contributed by atoms with E-state index in [2.05, 4.69) is 5.32 Å². The van der Waals surface area contributed by atoms with Crippen molar-refractivity contribution in [2.45, 2.75) is 25.8 Å². The van der Waals surface area contributed by atoms with Gasteiger partial charge in [-0.1, -0.05) is 0 Å². The number of aromatic carboxylic acids is 1. The van der Waals surface area contributed by atoms with Crippen molar-refractivity contribution in [3.05, 3.63) is 21.4 Å². The topological polar surface area (TPSA) is 69.6 Å². The molecule has 2 N–H and O–H groups in total. The Bertz CT molecular complexity index is 498. The Morgan fingerprint density at radius 3 is 2.89 bits per heavy atom. The molecule has 1 aliphatic rings. The largest absolute Gasteiger partial charge is 0.478 e. The number of hydrogen-bond donors (Lipinski definition) is 2. The van der Waals surface area contributed by atoms with Gasteiger partial charge in [-0.25, -0.2) is 4.79 Å². The van der Waals surface area contributed by atoms with E-state index in [1.165, 1.54) is 11.3 Å². The molecule has 0 spiro atoms. The van der Waals surface area contributed by atoms with E-state index in [0.29, 0.717) is 12.1 Å². The predicted molar refractivity (Wildman–Crippen MR) is 73.6 cm³/mol. The van der Waals surface area contributed by atoms with Gasteiger partial charge in [0.05, 0.1) is 18.2 Å². The zero-order chi connectivity index (χ0) is 14.0. The first-order valence-corrected chi connectivity index (χ1v) is 7.14. The average Bonchev–Trinajstić information content (AvgIpc) is 2.94. The van der Waals surface area contributed by atoms with Crippen LogP contribution < -0.4 is 5.32 Å². The minimum atomic E-state index is -0.897. The van der Waals surface area contributed by atoms with E-state index in [0.717, 1.165) is 29.1 Å². The molecule has 19 heavy (non-hydrogen) atoms. The number of carbonyl (C=O) groups is 2. The number of likely N-dealkylation sites (N-methyl/N-ethyl adjacent to an activating group) is 1. The van der Waals surface area contributed by atoms with Crippen molar-refractivity contribution in [2.24, 2.45) is 0 Å². The molecule has 0 radical (unpaired) electrons. The van der Waals surface area contributed by atoms with Gasteiger partial charge in [-0.05, 0) is 32.9 Å². The Labute approximate surface area is 116 Å². The van der Waals surface area contributed by atoms with Crippen LogP contribution in [-0.4, -0.2) is 42.0 Å². The molecule has 1 saturated heterocycles. The van der Waals surface area contributed by atoms with Gasteiger partial charge in [0.25, 0.3) is 0 Å². The van der Waals surface area contributed by atoms with Gasteiger partial charge in [-0.15, -0.1) is 11.3 Å². The highest BCUT2D eigenvalue weighted by atomic mass is 32.1. The van der Waals surface area contributed by atoms with Crippen molar-refractivity contribution in [3.63, 3.8) is 0 Å². The van der Waals surface area contributed by atoms with Crippen molar-refractivity contribution in [3.8, 4) is 0 Å². The summed E-state index contributed by atoms with van der Waals surface area (Å²) in [6, 6.07) is 1.76. The predicted octanol–water partition coefficient (Wildman–Crippen LogP) is 1.64. The second-order valence-electron chi connectivity index (χ2n) is 4.70. The van der Waals surface area contributed by atoms with Crippen LogP contribution in [0.5, 0.6) is 0 Å². The minimum absolute atomic E-state index is 0.0395. The molecule has 1 fully saturated rings. The molecule has 0 bridgehead atoms. The smallest absolute Gasteiger partial charge is 0.336 e. The summed E-state index contributed by atoms with van der Waals surface area (Å²) in [5.41, 5.74) is 0.355. The molecule has 0 aliphatic carbocycles. The van der Waals surface area contributed by atoms with Crippen molar-refractivity contribution in [2.75, 3.05) is 20.1 Å². The van der Waals surface area contributed by atoms with Gasteiger partial charge in [0.2, 0.25) is 5.91 Å². The Balaban J connectivity index is 2.23. The van der Waals surface area contributed by atoms with Crippen LogP contribution in [0.3, 0.4) is 0 Å². The SMILES string of the molecule is CNCC(=O)N1CCCC1c1cc(C(=O)O)c(C)s1. The third kappa shape index (κ3) is 2.79. The molecule has 1 unspecified atom stereocenters. The number of likely N-dealkylation sites (tertiary alicyclic amines) is 1. The normalized spacial score (nSPS) is 18.8. The molecule has 5 nitrogen and oxygen atoms in total. The first-order chi connectivity index (χ1) is 9.04. The van der Waals surface area contributed by atoms with Crippen LogP contribution in [0.4, 0.5) is 0 Å². The second-order valence-corrected chi connectivity index (χ2v) is 5.99. The fourth-order valence-corrected chi connectivity index (χ4v) is 3.66. The third-order valence-electron chi connectivity index (χ3n) is 3.40. The monoisotopic (exact) mass is 282 g/mol. The molecule has 0 aromatic carbocycles. The van der Waals surface area contributed by atoms with Crippen LogP contribution in [-0.2, 0) is 4.79 Å². The number of carbonyl (C=O) groups excluding carboxylic acids is 1. The Morgan fingerprint density at radius 2 is 2.32 bits per heavy atom. The number of nitrogens with zero attached hydrogens (tertiary/aromatic N) is 1. The summed E-state index contributed by atoms with van der Waals surface area (Å²) in [6.45, 7) is 2.89. The zero-order valence-electron chi connectivity index (χ0n) is 11.1. The molecule has 6 heteroatoms. The van der Waals surface area contributed by atoms with Crippen molar-refractivity contribution >= 4 is 23.2 Å². The lowest BCUT2D eigenvalue weighted by molar-refractivity contribution is -0.131. The fourth-order valence-electron chi connectivity index (χ4n) is 2.50. The number of nitrogens with one attached hydrogen (secondary N) is 1. The summed E-state index contributed by atoms with van der Waals surface area (Å²) in [5, 5.41) is 12.0. The molecular weight excluding hydrogens is 264 g/mol. The van der Waals surface area contributed by atoms with Crippen molar-refractivity contribution < 1.29 is 14.7 Å². The van der Waals surface area contributed by atoms with Gasteiger partial charge in [-0.3, -0.25) is 4.79 Å². The molecule has 1 aliphatic heterocycles. The lowest BCUT2D eigenvalue weighted by Crippen LogP contribution is -2.36. The number of carboxylic acid groups (broad SMARTS) is 1. The molecule has 1 atom stereocenters. The van der Waals surface area contributed by atoms with E-state index in [4.69, 9.17) is 5.11 Å². The number of hydrogen-bond acceptors (Lipinski definition) is 4. The van der Waals surface area contributed by atoms with Crippen LogP contribution in [0, 0.1) is 6.92 Å². The molecule has 0 saturated carbocycles. The minimum Gasteiger partial charge on any atom is -0.478 e. The average molecular weight is 282 g/mol. The van der Waals surface area contributed by atoms with Gasteiger partial charge < -0.3 is 15.3 Å². The summed E-state index contributed by atoms with van der Waals surface area (Å²) in [4.78, 5) is 26.7. The van der Waals surface area contributed by atoms with Crippen LogP contribution in [0.15, 0.2) is 6.07 Å². The highest BCUT2D eigenvalue weighted by Crippen LogP contribution is 2.37. The summed E-state index contributed by atoms with van der Waals surface area (Å²) in [5.74, 6) is -0.820. The summed E-state index contributed by atoms with van der Waals surface area (Å²) >= 11 is 1.48. The van der Waals surface area contributed by atoms with Crippen LogP contribution >= 0.6 is 11.3 Å². The van der Waals surface area contributed by atoms with Gasteiger partial charge in [-0.2, -0.15) is 0 Å². The molecule has 1 amide bonds. The quantitative estimate of drug-likeness (QED) is 0.881. The maximum Gasteiger partial charge on any atom is 0.336 e. The molecular formula is C13H18N2O3S. The molecule has 2 heterocycles. The zero-order valence-corrected chi connectivity index (χ0v) is 11.9. The standard InChI is InChI=1S/C13H18N2O3S/c1-8-9(13(17)18)6-11(19-8)10-4-3-5-15(10)12(16)7-14-2/h6,10,14H,3-5,7H2,1-2H3,(H,17,18). The molecule has 1 aromatic rings. The van der Waals surface area contributed by atoms with E-state index in [-0.39, 0.29) is 11.9 Å². The summed E-state index contributed by atoms with van der Waals surface area (Å²) in [6.07, 6.45) is 1.88. The second kappa shape index (κ2) is 5.71. The number of carboxylic acids is 1. The van der Waals surface area contributed by atoms with Gasteiger partial charge >= 0.3 is 5.97 Å². The van der Waals surface area contributed by atoms with E-state index in [9.17, 15) is 9.59 Å². The lowest BCUT2D eigenvalue weighted by atomic mass is 10.1. The highest BCUT2D eigenvalue weighted by molar-refractivity contribution is 7.12. The third-order valence-corrected chi connectivity index (χ3v) is 4.55. The molecule has 2 rings (SSSR count). The number of amides is 1. The van der Waals surface area contributed by atoms with E-state index in [1.54, 1.807) is 13.1 Å². The van der Waals surface area contributed by atoms with Crippen molar-refractivity contribution in [1.29, 1.82) is 0 Å². The van der Waals surface area contributed by atoms with Crippen LogP contribution in [0.2, 0.25) is 0 Å². The summed E-state index contributed by atoms with van der Waals surface area (Å²) in [7, 11) is 1.75. The van der Waals surface area contributed by atoms with E-state index < -0.39 is 5.97 Å². The molecule has 1 aromatic heterocycles. The fraction of sp³-hybridized carbons (Fsp3) is 0.538. The number of aryl methyl sites for hydroxylation is 1. The van der Waals surface area contributed by atoms with E-state index in [1.807, 2.05) is 11.8 Å². The van der Waals surface area contributed by atoms with Crippen LogP contribution in [0.25, 0.3) is 0 Å². The number of rotatable bonds is 4. The lowest BCUT2D eigenvalue weighted by Gasteiger charge is -2.23. The molecule has 104 valence electrons.